The van der Waals surface area contributed by atoms with Gasteiger partial charge in [0.25, 0.3) is 10.0 Å². The summed E-state index contributed by atoms with van der Waals surface area (Å²) >= 11 is 6.92. The molecule has 19 heavy (non-hydrogen) atoms. The number of aromatic nitrogens is 2. The predicted molar refractivity (Wildman–Crippen MR) is 77.6 cm³/mol. The van der Waals surface area contributed by atoms with Crippen LogP contribution in [0.5, 0.6) is 0 Å². The number of hydrogen-bond donors (Lipinski definition) is 2. The lowest BCUT2D eigenvalue weighted by Crippen LogP contribution is -2.11. The number of nitrogens with one attached hydrogen (secondary N) is 2. The molecule has 8 heteroatoms. The summed E-state index contributed by atoms with van der Waals surface area (Å²) in [5.74, 6) is 0.537. The number of aromatic amines is 1. The molecule has 0 atom stereocenters. The molecular formula is C11H14ClN3O2S2. The van der Waals surface area contributed by atoms with Gasteiger partial charge in [-0.05, 0) is 24.5 Å². The number of rotatable bonds is 4. The first-order valence-electron chi connectivity index (χ1n) is 5.63. The van der Waals surface area contributed by atoms with Crippen molar-refractivity contribution in [3.8, 4) is 0 Å². The molecule has 5 nitrogen and oxygen atoms in total. The monoisotopic (exact) mass is 319 g/mol. The van der Waals surface area contributed by atoms with E-state index in [1.165, 1.54) is 0 Å². The molecule has 0 radical (unpaired) electrons. The fourth-order valence-electron chi connectivity index (χ4n) is 1.44. The van der Waals surface area contributed by atoms with E-state index in [1.807, 2.05) is 13.8 Å². The van der Waals surface area contributed by atoms with Crippen molar-refractivity contribution in [2.75, 3.05) is 4.72 Å². The number of hydrogen-bond acceptors (Lipinski definition) is 4. The molecule has 0 aliphatic heterocycles. The number of nitrogens with zero attached hydrogens (tertiary/aromatic N) is 1. The zero-order valence-corrected chi connectivity index (χ0v) is 13.1. The Labute approximate surface area is 121 Å². The van der Waals surface area contributed by atoms with Crippen molar-refractivity contribution in [2.45, 2.75) is 30.9 Å². The lowest BCUT2D eigenvalue weighted by molar-refractivity contribution is 0.603. The van der Waals surface area contributed by atoms with E-state index < -0.39 is 10.0 Å². The summed E-state index contributed by atoms with van der Waals surface area (Å²) in [5, 5.41) is 6.73. The van der Waals surface area contributed by atoms with Crippen LogP contribution in [0.4, 0.5) is 5.82 Å². The first kappa shape index (κ1) is 14.4. The van der Waals surface area contributed by atoms with Gasteiger partial charge < -0.3 is 0 Å². The van der Waals surface area contributed by atoms with Crippen molar-refractivity contribution in [3.63, 3.8) is 0 Å². The lowest BCUT2D eigenvalue weighted by Gasteiger charge is -2.01. The van der Waals surface area contributed by atoms with E-state index in [2.05, 4.69) is 14.9 Å². The number of H-pyrrole nitrogens is 1. The highest BCUT2D eigenvalue weighted by atomic mass is 35.5. The van der Waals surface area contributed by atoms with Crippen molar-refractivity contribution in [3.05, 3.63) is 27.7 Å². The summed E-state index contributed by atoms with van der Waals surface area (Å²) in [5.41, 5.74) is 1.62. The van der Waals surface area contributed by atoms with Crippen molar-refractivity contribution in [2.24, 2.45) is 0 Å². The minimum atomic E-state index is -3.63. The molecule has 0 aliphatic carbocycles. The number of sulfonamides is 1. The van der Waals surface area contributed by atoms with E-state index in [0.29, 0.717) is 4.34 Å². The van der Waals surface area contributed by atoms with Crippen molar-refractivity contribution >= 4 is 38.8 Å². The van der Waals surface area contributed by atoms with E-state index in [4.69, 9.17) is 11.6 Å². The predicted octanol–water partition coefficient (Wildman–Crippen LogP) is 3.36. The Bertz CT molecular complexity index is 669. The molecule has 0 saturated heterocycles. The molecule has 0 saturated carbocycles. The van der Waals surface area contributed by atoms with E-state index >= 15 is 0 Å². The fourth-order valence-corrected chi connectivity index (χ4v) is 4.14. The van der Waals surface area contributed by atoms with Gasteiger partial charge in [0, 0.05) is 11.8 Å². The molecule has 2 heterocycles. The first-order valence-corrected chi connectivity index (χ1v) is 8.31. The molecule has 0 amide bonds. The summed E-state index contributed by atoms with van der Waals surface area (Å²) in [6.45, 7) is 5.76. The molecular weight excluding hydrogens is 306 g/mol. The Balaban J connectivity index is 2.25. The minimum Gasteiger partial charge on any atom is -0.280 e. The van der Waals surface area contributed by atoms with Gasteiger partial charge in [-0.3, -0.25) is 9.82 Å². The molecule has 0 aromatic carbocycles. The van der Waals surface area contributed by atoms with Gasteiger partial charge in [0.1, 0.15) is 4.21 Å². The third-order valence-electron chi connectivity index (χ3n) is 2.56. The Morgan fingerprint density at radius 3 is 2.58 bits per heavy atom. The van der Waals surface area contributed by atoms with Gasteiger partial charge >= 0.3 is 0 Å². The Kier molecular flexibility index (Phi) is 3.89. The smallest absolute Gasteiger partial charge is 0.272 e. The molecule has 0 bridgehead atoms. The summed E-state index contributed by atoms with van der Waals surface area (Å²) in [4.78, 5) is 0. The third-order valence-corrected chi connectivity index (χ3v) is 5.94. The number of anilines is 1. The summed E-state index contributed by atoms with van der Waals surface area (Å²) in [6, 6.07) is 3.23. The van der Waals surface area contributed by atoms with Crippen LogP contribution in [0.2, 0.25) is 4.34 Å². The number of aryl methyl sites for hydroxylation is 1. The normalized spacial score (nSPS) is 12.1. The van der Waals surface area contributed by atoms with Gasteiger partial charge in [-0.2, -0.15) is 5.10 Å². The Morgan fingerprint density at radius 1 is 1.42 bits per heavy atom. The maximum absolute atomic E-state index is 12.1. The number of thiophene rings is 1. The SMILES string of the molecule is Cc1cc(S(=O)(=O)Nc2cc(C(C)C)[nH]n2)sc1Cl. The zero-order valence-electron chi connectivity index (χ0n) is 10.7. The standard InChI is InChI=1S/C11H14ClN3O2S2/c1-6(2)8-5-9(14-13-8)15-19(16,17)10-4-7(3)11(12)18-10/h4-6H,1-3H3,(H2,13,14,15). The van der Waals surface area contributed by atoms with E-state index in [1.54, 1.807) is 19.1 Å². The topological polar surface area (TPSA) is 74.8 Å². The second kappa shape index (κ2) is 5.15. The summed E-state index contributed by atoms with van der Waals surface area (Å²) in [6.07, 6.45) is 0. The van der Waals surface area contributed by atoms with Crippen LogP contribution in [0.25, 0.3) is 0 Å². The molecule has 2 aromatic heterocycles. The summed E-state index contributed by atoms with van der Waals surface area (Å²) < 4.78 is 27.4. The molecule has 104 valence electrons. The molecule has 2 N–H and O–H groups in total. The van der Waals surface area contributed by atoms with E-state index in [-0.39, 0.29) is 15.9 Å². The van der Waals surface area contributed by atoms with E-state index in [0.717, 1.165) is 22.6 Å². The molecule has 2 aromatic rings. The average molecular weight is 320 g/mol. The number of halogens is 1. The second-order valence-corrected chi connectivity index (χ2v) is 8.05. The highest BCUT2D eigenvalue weighted by molar-refractivity contribution is 7.94. The fraction of sp³-hybridized carbons (Fsp3) is 0.364. The highest BCUT2D eigenvalue weighted by Crippen LogP contribution is 2.31. The Morgan fingerprint density at radius 2 is 2.11 bits per heavy atom. The van der Waals surface area contributed by atoms with Gasteiger partial charge in [-0.25, -0.2) is 8.42 Å². The van der Waals surface area contributed by atoms with Crippen molar-refractivity contribution in [1.29, 1.82) is 0 Å². The maximum atomic E-state index is 12.1. The van der Waals surface area contributed by atoms with Crippen LogP contribution >= 0.6 is 22.9 Å². The average Bonchev–Trinajstić information content (AvgIpc) is 2.87. The van der Waals surface area contributed by atoms with Crippen molar-refractivity contribution < 1.29 is 8.42 Å². The largest absolute Gasteiger partial charge is 0.280 e. The molecule has 0 spiro atoms. The van der Waals surface area contributed by atoms with Crippen molar-refractivity contribution in [1.82, 2.24) is 10.2 Å². The van der Waals surface area contributed by atoms with E-state index in [9.17, 15) is 8.42 Å². The quantitative estimate of drug-likeness (QED) is 0.907. The zero-order chi connectivity index (χ0) is 14.2. The highest BCUT2D eigenvalue weighted by Gasteiger charge is 2.20. The van der Waals surface area contributed by atoms with Crippen LogP contribution in [0, 0.1) is 6.92 Å². The Hall–Kier alpha value is -1.05. The summed E-state index contributed by atoms with van der Waals surface area (Å²) in [7, 11) is -3.63. The van der Waals surface area contributed by atoms with Gasteiger partial charge in [-0.1, -0.05) is 25.4 Å². The van der Waals surface area contributed by atoms with Crippen LogP contribution in [-0.4, -0.2) is 18.6 Å². The van der Waals surface area contributed by atoms with Gasteiger partial charge in [0.05, 0.1) is 4.34 Å². The molecule has 2 rings (SSSR count). The van der Waals surface area contributed by atoms with Crippen LogP contribution in [0.1, 0.15) is 31.0 Å². The minimum absolute atomic E-state index is 0.184. The molecule has 0 fully saturated rings. The van der Waals surface area contributed by atoms with Crippen LogP contribution in [-0.2, 0) is 10.0 Å². The maximum Gasteiger partial charge on any atom is 0.272 e. The van der Waals surface area contributed by atoms with Crippen LogP contribution < -0.4 is 4.72 Å². The molecule has 0 aliphatic rings. The second-order valence-electron chi connectivity index (χ2n) is 4.49. The molecule has 0 unspecified atom stereocenters. The lowest BCUT2D eigenvalue weighted by atomic mass is 10.1. The van der Waals surface area contributed by atoms with Gasteiger partial charge in [0.2, 0.25) is 0 Å². The van der Waals surface area contributed by atoms with Crippen LogP contribution in [0.3, 0.4) is 0 Å². The first-order chi connectivity index (χ1) is 8.79. The third kappa shape index (κ3) is 3.10. The van der Waals surface area contributed by atoms with Gasteiger partial charge in [-0.15, -0.1) is 11.3 Å². The van der Waals surface area contributed by atoms with Crippen LogP contribution in [0.15, 0.2) is 16.3 Å². The van der Waals surface area contributed by atoms with Gasteiger partial charge in [0.15, 0.2) is 5.82 Å².